The summed E-state index contributed by atoms with van der Waals surface area (Å²) < 4.78 is 6.40. The van der Waals surface area contributed by atoms with Crippen LogP contribution in [0.5, 0.6) is 0 Å². The van der Waals surface area contributed by atoms with Crippen molar-refractivity contribution < 1.29 is 9.53 Å². The Hall–Kier alpha value is -0.870. The molecule has 0 aromatic heterocycles. The van der Waals surface area contributed by atoms with Crippen LogP contribution in [0.15, 0.2) is 22.7 Å². The van der Waals surface area contributed by atoms with E-state index in [9.17, 15) is 4.79 Å². The average molecular weight is 310 g/mol. The molecule has 3 nitrogen and oxygen atoms in total. The minimum absolute atomic E-state index is 0.0552. The van der Waals surface area contributed by atoms with E-state index >= 15 is 0 Å². The highest BCUT2D eigenvalue weighted by Crippen LogP contribution is 2.31. The maximum Gasteiger partial charge on any atom is 0.232 e. The van der Waals surface area contributed by atoms with Gasteiger partial charge in [0.25, 0.3) is 0 Å². The Morgan fingerprint density at radius 3 is 3.11 bits per heavy atom. The first kappa shape index (κ1) is 12.2. The van der Waals surface area contributed by atoms with E-state index in [4.69, 9.17) is 4.74 Å². The fourth-order valence-corrected chi connectivity index (χ4v) is 3.15. The van der Waals surface area contributed by atoms with E-state index in [-0.39, 0.29) is 11.8 Å². The number of carbonyl (C=O) groups is 1. The summed E-state index contributed by atoms with van der Waals surface area (Å²) in [5, 5.41) is 0. The highest BCUT2D eigenvalue weighted by molar-refractivity contribution is 9.10. The number of fused-ring (bicyclic) bond motifs is 1. The lowest BCUT2D eigenvalue weighted by Gasteiger charge is -2.31. The molecule has 4 heteroatoms. The first-order valence-electron chi connectivity index (χ1n) is 6.43. The molecule has 1 atom stereocenters. The molecule has 3 rings (SSSR count). The molecule has 1 fully saturated rings. The molecule has 1 aromatic carbocycles. The summed E-state index contributed by atoms with van der Waals surface area (Å²) in [6, 6.07) is 6.18. The molecule has 1 unspecified atom stereocenters. The Morgan fingerprint density at radius 2 is 2.33 bits per heavy atom. The standard InChI is InChI=1S/C14H16BrNO2/c15-12-3-4-13-10(8-12)2-1-6-16(13)14(17)11-5-7-18-9-11/h3-4,8,11H,1-2,5-7,9H2. The van der Waals surface area contributed by atoms with Gasteiger partial charge in [0.05, 0.1) is 12.5 Å². The summed E-state index contributed by atoms with van der Waals surface area (Å²) in [7, 11) is 0. The minimum Gasteiger partial charge on any atom is -0.381 e. The van der Waals surface area contributed by atoms with Crippen LogP contribution in [0.2, 0.25) is 0 Å². The SMILES string of the molecule is O=C(C1CCOC1)N1CCCc2cc(Br)ccc21. The molecule has 1 aromatic rings. The van der Waals surface area contributed by atoms with Gasteiger partial charge in [0, 0.05) is 23.3 Å². The molecule has 1 amide bonds. The molecule has 1 saturated heterocycles. The molecule has 0 spiro atoms. The Kier molecular flexibility index (Phi) is 3.39. The summed E-state index contributed by atoms with van der Waals surface area (Å²) in [4.78, 5) is 14.4. The molecule has 2 aliphatic rings. The van der Waals surface area contributed by atoms with Crippen LogP contribution in [0.25, 0.3) is 0 Å². The second-order valence-electron chi connectivity index (χ2n) is 4.93. The van der Waals surface area contributed by atoms with Gasteiger partial charge in [0.1, 0.15) is 0 Å². The molecule has 2 aliphatic heterocycles. The monoisotopic (exact) mass is 309 g/mol. The van der Waals surface area contributed by atoms with Crippen LogP contribution >= 0.6 is 15.9 Å². The molecule has 0 N–H and O–H groups in total. The predicted molar refractivity (Wildman–Crippen MR) is 73.7 cm³/mol. The molecule has 0 radical (unpaired) electrons. The fourth-order valence-electron chi connectivity index (χ4n) is 2.74. The smallest absolute Gasteiger partial charge is 0.232 e. The van der Waals surface area contributed by atoms with Crippen molar-refractivity contribution >= 4 is 27.5 Å². The zero-order valence-corrected chi connectivity index (χ0v) is 11.8. The molecular weight excluding hydrogens is 294 g/mol. The van der Waals surface area contributed by atoms with E-state index in [1.165, 1.54) is 5.56 Å². The van der Waals surface area contributed by atoms with Gasteiger partial charge in [0.2, 0.25) is 5.91 Å². The van der Waals surface area contributed by atoms with Gasteiger partial charge in [-0.05, 0) is 43.0 Å². The van der Waals surface area contributed by atoms with Crippen molar-refractivity contribution in [2.75, 3.05) is 24.7 Å². The second-order valence-corrected chi connectivity index (χ2v) is 5.84. The van der Waals surface area contributed by atoms with Gasteiger partial charge in [-0.3, -0.25) is 4.79 Å². The number of anilines is 1. The van der Waals surface area contributed by atoms with Crippen molar-refractivity contribution in [3.05, 3.63) is 28.2 Å². The first-order valence-corrected chi connectivity index (χ1v) is 7.22. The summed E-state index contributed by atoms with van der Waals surface area (Å²) in [6.07, 6.45) is 2.96. The molecular formula is C14H16BrNO2. The van der Waals surface area contributed by atoms with Gasteiger partial charge in [-0.15, -0.1) is 0 Å². The Balaban J connectivity index is 1.88. The van der Waals surface area contributed by atoms with Crippen molar-refractivity contribution in [1.82, 2.24) is 0 Å². The van der Waals surface area contributed by atoms with Crippen LogP contribution in [-0.4, -0.2) is 25.7 Å². The van der Waals surface area contributed by atoms with Crippen molar-refractivity contribution in [2.24, 2.45) is 5.92 Å². The van der Waals surface area contributed by atoms with E-state index in [1.54, 1.807) is 0 Å². The summed E-state index contributed by atoms with van der Waals surface area (Å²) in [5.41, 5.74) is 2.35. The number of benzene rings is 1. The highest BCUT2D eigenvalue weighted by atomic mass is 79.9. The molecule has 0 aliphatic carbocycles. The van der Waals surface area contributed by atoms with Gasteiger partial charge in [-0.25, -0.2) is 0 Å². The molecule has 0 saturated carbocycles. The third kappa shape index (κ3) is 2.19. The summed E-state index contributed by atoms with van der Waals surface area (Å²) in [5.74, 6) is 0.287. The van der Waals surface area contributed by atoms with E-state index < -0.39 is 0 Å². The number of amides is 1. The lowest BCUT2D eigenvalue weighted by molar-refractivity contribution is -0.122. The van der Waals surface area contributed by atoms with Crippen LogP contribution < -0.4 is 4.90 Å². The number of hydrogen-bond acceptors (Lipinski definition) is 2. The maximum atomic E-state index is 12.5. The zero-order chi connectivity index (χ0) is 12.5. The third-order valence-electron chi connectivity index (χ3n) is 3.71. The van der Waals surface area contributed by atoms with Crippen LogP contribution in [0, 0.1) is 5.92 Å². The average Bonchev–Trinajstić information content (AvgIpc) is 2.90. The van der Waals surface area contributed by atoms with Crippen LogP contribution in [-0.2, 0) is 16.0 Å². The van der Waals surface area contributed by atoms with Gasteiger partial charge >= 0.3 is 0 Å². The Labute approximate surface area is 115 Å². The van der Waals surface area contributed by atoms with E-state index in [0.717, 1.165) is 42.6 Å². The Morgan fingerprint density at radius 1 is 1.44 bits per heavy atom. The van der Waals surface area contributed by atoms with E-state index in [1.807, 2.05) is 17.0 Å². The lowest BCUT2D eigenvalue weighted by Crippen LogP contribution is -2.39. The predicted octanol–water partition coefficient (Wildman–Crippen LogP) is 2.76. The van der Waals surface area contributed by atoms with Gasteiger partial charge in [0.15, 0.2) is 0 Å². The topological polar surface area (TPSA) is 29.5 Å². The normalized spacial score (nSPS) is 22.9. The van der Waals surface area contributed by atoms with Crippen LogP contribution in [0.1, 0.15) is 18.4 Å². The van der Waals surface area contributed by atoms with Crippen molar-refractivity contribution in [2.45, 2.75) is 19.3 Å². The van der Waals surface area contributed by atoms with Crippen LogP contribution in [0.4, 0.5) is 5.69 Å². The number of ether oxygens (including phenoxy) is 1. The molecule has 2 heterocycles. The largest absolute Gasteiger partial charge is 0.381 e. The van der Waals surface area contributed by atoms with Crippen LogP contribution in [0.3, 0.4) is 0 Å². The molecule has 96 valence electrons. The highest BCUT2D eigenvalue weighted by Gasteiger charge is 2.31. The summed E-state index contributed by atoms with van der Waals surface area (Å²) in [6.45, 7) is 2.14. The maximum absolute atomic E-state index is 12.5. The van der Waals surface area contributed by atoms with Gasteiger partial charge < -0.3 is 9.64 Å². The quantitative estimate of drug-likeness (QED) is 0.798. The zero-order valence-electron chi connectivity index (χ0n) is 10.2. The van der Waals surface area contributed by atoms with E-state index in [2.05, 4.69) is 22.0 Å². The minimum atomic E-state index is 0.0552. The number of carbonyl (C=O) groups excluding carboxylic acids is 1. The number of halogens is 1. The number of hydrogen-bond donors (Lipinski definition) is 0. The van der Waals surface area contributed by atoms with Gasteiger partial charge in [-0.2, -0.15) is 0 Å². The van der Waals surface area contributed by atoms with Crippen molar-refractivity contribution in [3.8, 4) is 0 Å². The third-order valence-corrected chi connectivity index (χ3v) is 4.20. The summed E-state index contributed by atoms with van der Waals surface area (Å²) >= 11 is 3.49. The number of aryl methyl sites for hydroxylation is 1. The van der Waals surface area contributed by atoms with Crippen molar-refractivity contribution in [1.29, 1.82) is 0 Å². The van der Waals surface area contributed by atoms with Crippen molar-refractivity contribution in [3.63, 3.8) is 0 Å². The molecule has 18 heavy (non-hydrogen) atoms. The van der Waals surface area contributed by atoms with Gasteiger partial charge in [-0.1, -0.05) is 15.9 Å². The molecule has 0 bridgehead atoms. The number of rotatable bonds is 1. The second kappa shape index (κ2) is 5.02. The fraction of sp³-hybridized carbons (Fsp3) is 0.500. The Bertz CT molecular complexity index is 469. The number of nitrogens with zero attached hydrogens (tertiary/aromatic N) is 1. The first-order chi connectivity index (χ1) is 8.75. The lowest BCUT2D eigenvalue weighted by atomic mass is 9.99. The van der Waals surface area contributed by atoms with E-state index in [0.29, 0.717) is 6.61 Å².